The molecule has 3 rings (SSSR count). The number of aliphatic hydroxyl groups is 1. The van der Waals surface area contributed by atoms with E-state index in [1.165, 1.54) is 28.4 Å². The van der Waals surface area contributed by atoms with Gasteiger partial charge in [-0.15, -0.1) is 0 Å². The summed E-state index contributed by atoms with van der Waals surface area (Å²) in [5.41, 5.74) is 0.455. The van der Waals surface area contributed by atoms with Gasteiger partial charge in [-0.2, -0.15) is 4.31 Å². The molecular formula is C24H32N2O7S. The monoisotopic (exact) mass is 492 g/mol. The normalized spacial score (nSPS) is 15.7. The number of sulfonamides is 1. The SMILES string of the molecule is CO[C@H](CN(C)C(=O)c1ccc2c(c1)OCO2)[C@@H](C)CN([C@H](C)CO)S(=O)(=O)c1ccccc1. The van der Waals surface area contributed by atoms with E-state index in [1.807, 2.05) is 6.92 Å². The highest BCUT2D eigenvalue weighted by molar-refractivity contribution is 7.89. The third-order valence-electron chi connectivity index (χ3n) is 5.93. The number of carbonyl (C=O) groups is 1. The van der Waals surface area contributed by atoms with Crippen molar-refractivity contribution in [3.05, 3.63) is 54.1 Å². The van der Waals surface area contributed by atoms with Crippen LogP contribution >= 0.6 is 0 Å². The summed E-state index contributed by atoms with van der Waals surface area (Å²) in [7, 11) is -0.631. The van der Waals surface area contributed by atoms with Crippen LogP contribution in [0.25, 0.3) is 0 Å². The summed E-state index contributed by atoms with van der Waals surface area (Å²) in [5.74, 6) is 0.630. The zero-order chi connectivity index (χ0) is 24.9. The summed E-state index contributed by atoms with van der Waals surface area (Å²) in [6.45, 7) is 3.69. The van der Waals surface area contributed by atoms with Gasteiger partial charge in [0.15, 0.2) is 11.5 Å². The van der Waals surface area contributed by atoms with Crippen molar-refractivity contribution in [3.8, 4) is 11.5 Å². The molecule has 34 heavy (non-hydrogen) atoms. The quantitative estimate of drug-likeness (QED) is 0.513. The van der Waals surface area contributed by atoms with Crippen LogP contribution in [0.5, 0.6) is 11.5 Å². The molecule has 10 heteroatoms. The van der Waals surface area contributed by atoms with Gasteiger partial charge in [-0.05, 0) is 43.2 Å². The van der Waals surface area contributed by atoms with Gasteiger partial charge < -0.3 is 24.2 Å². The molecule has 0 saturated carbocycles. The topological polar surface area (TPSA) is 106 Å². The molecular weight excluding hydrogens is 460 g/mol. The standard InChI is InChI=1S/C24H32N2O7S/c1-17(13-26(18(2)15-27)34(29,30)20-8-6-5-7-9-20)23(31-4)14-25(3)24(28)19-10-11-21-22(12-19)33-16-32-21/h5-12,17-18,23,27H,13-16H2,1-4H3/t17-,18+,23+/m0/s1. The molecule has 0 unspecified atom stereocenters. The number of methoxy groups -OCH3 is 1. The number of ether oxygens (including phenoxy) is 3. The maximum Gasteiger partial charge on any atom is 0.253 e. The molecule has 1 N–H and O–H groups in total. The average molecular weight is 493 g/mol. The van der Waals surface area contributed by atoms with Gasteiger partial charge in [0.05, 0.1) is 17.6 Å². The number of likely N-dealkylation sites (N-methyl/N-ethyl adjacent to an activating group) is 1. The molecule has 1 aliphatic heterocycles. The van der Waals surface area contributed by atoms with Crippen LogP contribution in [0.1, 0.15) is 24.2 Å². The van der Waals surface area contributed by atoms with Gasteiger partial charge >= 0.3 is 0 Å². The van der Waals surface area contributed by atoms with E-state index in [9.17, 15) is 18.3 Å². The molecule has 1 aliphatic rings. The Morgan fingerprint density at radius 2 is 1.76 bits per heavy atom. The summed E-state index contributed by atoms with van der Waals surface area (Å²) in [6.07, 6.45) is -0.442. The van der Waals surface area contributed by atoms with Crippen LogP contribution in [0.2, 0.25) is 0 Å². The number of amides is 1. The van der Waals surface area contributed by atoms with Crippen molar-refractivity contribution in [3.63, 3.8) is 0 Å². The van der Waals surface area contributed by atoms with Crippen molar-refractivity contribution in [1.29, 1.82) is 0 Å². The van der Waals surface area contributed by atoms with Gasteiger partial charge in [0.2, 0.25) is 16.8 Å². The Balaban J connectivity index is 1.72. The second-order valence-electron chi connectivity index (χ2n) is 8.42. The largest absolute Gasteiger partial charge is 0.454 e. The summed E-state index contributed by atoms with van der Waals surface area (Å²) in [5, 5.41) is 9.73. The van der Waals surface area contributed by atoms with Gasteiger partial charge in [0, 0.05) is 38.9 Å². The lowest BCUT2D eigenvalue weighted by Gasteiger charge is -2.33. The minimum atomic E-state index is -3.83. The van der Waals surface area contributed by atoms with Crippen molar-refractivity contribution in [2.75, 3.05) is 40.6 Å². The highest BCUT2D eigenvalue weighted by atomic mass is 32.2. The van der Waals surface area contributed by atoms with Crippen molar-refractivity contribution in [2.24, 2.45) is 5.92 Å². The van der Waals surface area contributed by atoms with Crippen LogP contribution < -0.4 is 9.47 Å². The highest BCUT2D eigenvalue weighted by Gasteiger charge is 2.33. The number of hydrogen-bond donors (Lipinski definition) is 1. The Bertz CT molecular complexity index is 1080. The van der Waals surface area contributed by atoms with Crippen LogP contribution in [0.4, 0.5) is 0 Å². The lowest BCUT2D eigenvalue weighted by molar-refractivity contribution is 0.0221. The molecule has 2 aromatic carbocycles. The number of carbonyl (C=O) groups excluding carboxylic acids is 1. The van der Waals surface area contributed by atoms with Crippen LogP contribution in [0.15, 0.2) is 53.4 Å². The van der Waals surface area contributed by atoms with Gasteiger partial charge in [-0.25, -0.2) is 8.42 Å². The Kier molecular flexibility index (Phi) is 8.53. The summed E-state index contributed by atoms with van der Waals surface area (Å²) in [4.78, 5) is 14.7. The third-order valence-corrected chi connectivity index (χ3v) is 7.93. The van der Waals surface area contributed by atoms with Crippen molar-refractivity contribution in [2.45, 2.75) is 30.9 Å². The molecule has 0 fully saturated rings. The van der Waals surface area contributed by atoms with E-state index in [1.54, 1.807) is 50.4 Å². The Labute approximate surface area is 200 Å². The fourth-order valence-corrected chi connectivity index (χ4v) is 5.57. The molecule has 1 amide bonds. The van der Waals surface area contributed by atoms with Crippen LogP contribution in [-0.4, -0.2) is 81.4 Å². The van der Waals surface area contributed by atoms with Gasteiger partial charge in [0.25, 0.3) is 5.91 Å². The number of benzene rings is 2. The number of rotatable bonds is 11. The van der Waals surface area contributed by atoms with E-state index >= 15 is 0 Å². The zero-order valence-corrected chi connectivity index (χ0v) is 20.7. The Morgan fingerprint density at radius 1 is 1.09 bits per heavy atom. The first-order valence-electron chi connectivity index (χ1n) is 11.0. The van der Waals surface area contributed by atoms with E-state index in [0.717, 1.165) is 0 Å². The molecule has 1 heterocycles. The number of aliphatic hydroxyl groups excluding tert-OH is 1. The number of hydrogen-bond acceptors (Lipinski definition) is 7. The molecule has 0 radical (unpaired) electrons. The number of nitrogens with zero attached hydrogens (tertiary/aromatic N) is 2. The zero-order valence-electron chi connectivity index (χ0n) is 19.9. The summed E-state index contributed by atoms with van der Waals surface area (Å²) in [6, 6.07) is 12.5. The maximum atomic E-state index is 13.3. The van der Waals surface area contributed by atoms with Crippen LogP contribution in [0, 0.1) is 5.92 Å². The first-order valence-corrected chi connectivity index (χ1v) is 12.5. The minimum Gasteiger partial charge on any atom is -0.454 e. The first-order chi connectivity index (χ1) is 16.2. The van der Waals surface area contributed by atoms with Gasteiger partial charge in [-0.1, -0.05) is 25.1 Å². The molecule has 0 spiro atoms. The van der Waals surface area contributed by atoms with E-state index in [0.29, 0.717) is 17.1 Å². The molecule has 2 aromatic rings. The van der Waals surface area contributed by atoms with Crippen molar-refractivity contribution < 1.29 is 32.5 Å². The molecule has 3 atom stereocenters. The molecule has 186 valence electrons. The second-order valence-corrected chi connectivity index (χ2v) is 10.3. The minimum absolute atomic E-state index is 0.115. The van der Waals surface area contributed by atoms with E-state index in [4.69, 9.17) is 14.2 Å². The highest BCUT2D eigenvalue weighted by Crippen LogP contribution is 2.32. The van der Waals surface area contributed by atoms with Crippen molar-refractivity contribution >= 4 is 15.9 Å². The van der Waals surface area contributed by atoms with Crippen molar-refractivity contribution in [1.82, 2.24) is 9.21 Å². The van der Waals surface area contributed by atoms with E-state index < -0.39 is 22.2 Å². The van der Waals surface area contributed by atoms with Gasteiger partial charge in [0.1, 0.15) is 0 Å². The first kappa shape index (κ1) is 26.0. The van der Waals surface area contributed by atoms with E-state index in [-0.39, 0.29) is 43.2 Å². The van der Waals surface area contributed by atoms with E-state index in [2.05, 4.69) is 0 Å². The lowest BCUT2D eigenvalue weighted by atomic mass is 10.0. The van der Waals surface area contributed by atoms with Gasteiger partial charge in [-0.3, -0.25) is 4.79 Å². The third kappa shape index (κ3) is 5.69. The van der Waals surface area contributed by atoms with Crippen LogP contribution in [0.3, 0.4) is 0 Å². The maximum absolute atomic E-state index is 13.3. The van der Waals surface area contributed by atoms with Crippen LogP contribution in [-0.2, 0) is 14.8 Å². The average Bonchev–Trinajstić information content (AvgIpc) is 3.33. The molecule has 0 aliphatic carbocycles. The smallest absolute Gasteiger partial charge is 0.253 e. The fraction of sp³-hybridized carbons (Fsp3) is 0.458. The number of fused-ring (bicyclic) bond motifs is 1. The predicted molar refractivity (Wildman–Crippen MR) is 126 cm³/mol. The summed E-state index contributed by atoms with van der Waals surface area (Å²) < 4.78 is 44.1. The fourth-order valence-electron chi connectivity index (χ4n) is 3.82. The summed E-state index contributed by atoms with van der Waals surface area (Å²) >= 11 is 0. The predicted octanol–water partition coefficient (Wildman–Crippen LogP) is 2.21. The molecule has 9 nitrogen and oxygen atoms in total. The molecule has 0 bridgehead atoms. The molecule has 0 saturated heterocycles. The Hall–Kier alpha value is -2.66. The Morgan fingerprint density at radius 3 is 2.41 bits per heavy atom. The second kappa shape index (κ2) is 11.2. The lowest BCUT2D eigenvalue weighted by Crippen LogP contribution is -2.47. The molecule has 0 aromatic heterocycles.